The van der Waals surface area contributed by atoms with Crippen LogP contribution in [0.5, 0.6) is 0 Å². The molecule has 0 aliphatic carbocycles. The van der Waals surface area contributed by atoms with Gasteiger partial charge in [-0.2, -0.15) is 0 Å². The molecule has 0 spiro atoms. The number of hydrogen-bond donors (Lipinski definition) is 1. The Morgan fingerprint density at radius 2 is 1.76 bits per heavy atom. The van der Waals surface area contributed by atoms with Crippen molar-refractivity contribution < 1.29 is 9.18 Å². The summed E-state index contributed by atoms with van der Waals surface area (Å²) >= 11 is 1.29. The molecule has 0 aliphatic rings. The zero-order valence-electron chi connectivity index (χ0n) is 17.0. The molecule has 3 aromatic rings. The fraction of sp³-hybridized carbons (Fsp3) is 0.318. The van der Waals surface area contributed by atoms with Gasteiger partial charge in [-0.15, -0.1) is 10.2 Å². The van der Waals surface area contributed by atoms with Crippen molar-refractivity contribution in [3.63, 3.8) is 0 Å². The molecule has 0 atom stereocenters. The molecule has 152 valence electrons. The monoisotopic (exact) mass is 412 g/mol. The van der Waals surface area contributed by atoms with Gasteiger partial charge in [0, 0.05) is 11.7 Å². The summed E-state index contributed by atoms with van der Waals surface area (Å²) in [6, 6.07) is 14.4. The maximum absolute atomic E-state index is 14.2. The third-order valence-corrected chi connectivity index (χ3v) is 5.43. The lowest BCUT2D eigenvalue weighted by Gasteiger charge is -2.14. The van der Waals surface area contributed by atoms with E-state index in [9.17, 15) is 9.18 Å². The highest BCUT2D eigenvalue weighted by atomic mass is 32.2. The number of benzene rings is 2. The first kappa shape index (κ1) is 21.0. The van der Waals surface area contributed by atoms with Gasteiger partial charge in [0.05, 0.1) is 11.3 Å². The molecule has 0 bridgehead atoms. The number of halogens is 1. The molecule has 0 aliphatic heterocycles. The summed E-state index contributed by atoms with van der Waals surface area (Å²) in [6.07, 6.45) is 0. The predicted octanol–water partition coefficient (Wildman–Crippen LogP) is 5.52. The molecule has 0 saturated carbocycles. The number of hydrogen-bond acceptors (Lipinski definition) is 4. The number of anilines is 1. The van der Waals surface area contributed by atoms with E-state index in [4.69, 9.17) is 0 Å². The second kappa shape index (κ2) is 9.22. The van der Waals surface area contributed by atoms with Crippen LogP contribution in [0.15, 0.2) is 53.7 Å². The zero-order valence-corrected chi connectivity index (χ0v) is 17.8. The normalized spacial score (nSPS) is 11.3. The quantitative estimate of drug-likeness (QED) is 0.519. The van der Waals surface area contributed by atoms with Crippen LogP contribution in [-0.4, -0.2) is 26.4 Å². The van der Waals surface area contributed by atoms with E-state index in [0.29, 0.717) is 22.5 Å². The largest absolute Gasteiger partial charge is 0.325 e. The number of nitrogens with one attached hydrogen (secondary N) is 1. The third kappa shape index (κ3) is 5.03. The minimum atomic E-state index is -0.346. The van der Waals surface area contributed by atoms with Crippen molar-refractivity contribution in [1.29, 1.82) is 0 Å². The molecule has 1 N–H and O–H groups in total. The number of aromatic nitrogens is 3. The number of nitrogens with zero attached hydrogens (tertiary/aromatic N) is 3. The van der Waals surface area contributed by atoms with Gasteiger partial charge in [-0.1, -0.05) is 49.9 Å². The van der Waals surface area contributed by atoms with Crippen molar-refractivity contribution in [2.24, 2.45) is 0 Å². The molecule has 29 heavy (non-hydrogen) atoms. The van der Waals surface area contributed by atoms with Crippen LogP contribution in [0.25, 0.3) is 11.4 Å². The van der Waals surface area contributed by atoms with Crippen LogP contribution in [0.1, 0.15) is 45.2 Å². The molecule has 1 amide bonds. The summed E-state index contributed by atoms with van der Waals surface area (Å²) < 4.78 is 16.1. The van der Waals surface area contributed by atoms with E-state index in [2.05, 4.69) is 29.4 Å². The number of carbonyl (C=O) groups is 1. The highest BCUT2D eigenvalue weighted by molar-refractivity contribution is 7.99. The van der Waals surface area contributed by atoms with E-state index in [1.807, 2.05) is 42.7 Å². The van der Waals surface area contributed by atoms with Gasteiger partial charge in [0.1, 0.15) is 5.82 Å². The van der Waals surface area contributed by atoms with Gasteiger partial charge in [0.25, 0.3) is 0 Å². The maximum Gasteiger partial charge on any atom is 0.234 e. The van der Waals surface area contributed by atoms with E-state index in [1.54, 1.807) is 18.2 Å². The molecule has 1 aromatic heterocycles. The second-order valence-corrected chi connectivity index (χ2v) is 8.31. The summed E-state index contributed by atoms with van der Waals surface area (Å²) in [4.78, 5) is 12.4. The van der Waals surface area contributed by atoms with E-state index >= 15 is 0 Å². The van der Waals surface area contributed by atoms with E-state index in [-0.39, 0.29) is 23.5 Å². The van der Waals surface area contributed by atoms with Crippen LogP contribution < -0.4 is 5.32 Å². The first-order chi connectivity index (χ1) is 13.9. The SMILES string of the molecule is CC(C)c1ccc(NC(=O)CSc2nnc(-c3ccccc3F)n2C(C)C)cc1. The number of carbonyl (C=O) groups excluding carboxylic acids is 1. The Hall–Kier alpha value is -2.67. The molecule has 3 rings (SSSR count). The molecular formula is C22H25FN4OS. The average molecular weight is 413 g/mol. The maximum atomic E-state index is 14.2. The van der Waals surface area contributed by atoms with Crippen molar-refractivity contribution in [2.45, 2.75) is 44.8 Å². The van der Waals surface area contributed by atoms with Crippen LogP contribution in [0.2, 0.25) is 0 Å². The van der Waals surface area contributed by atoms with Crippen molar-refractivity contribution in [1.82, 2.24) is 14.8 Å². The molecule has 7 heteroatoms. The van der Waals surface area contributed by atoms with Gasteiger partial charge >= 0.3 is 0 Å². The van der Waals surface area contributed by atoms with Crippen molar-refractivity contribution in [2.75, 3.05) is 11.1 Å². The molecule has 0 unspecified atom stereocenters. The average Bonchev–Trinajstić information content (AvgIpc) is 3.11. The zero-order chi connectivity index (χ0) is 21.0. The molecule has 1 heterocycles. The van der Waals surface area contributed by atoms with Gasteiger partial charge in [-0.3, -0.25) is 9.36 Å². The number of thioether (sulfide) groups is 1. The van der Waals surface area contributed by atoms with Crippen molar-refractivity contribution in [3.05, 3.63) is 59.9 Å². The van der Waals surface area contributed by atoms with E-state index in [0.717, 1.165) is 5.69 Å². The lowest BCUT2D eigenvalue weighted by atomic mass is 10.0. The fourth-order valence-electron chi connectivity index (χ4n) is 2.95. The van der Waals surface area contributed by atoms with Gasteiger partial charge in [0.15, 0.2) is 11.0 Å². The van der Waals surface area contributed by atoms with Crippen LogP contribution in [0.4, 0.5) is 10.1 Å². The second-order valence-electron chi connectivity index (χ2n) is 7.36. The summed E-state index contributed by atoms with van der Waals surface area (Å²) in [7, 11) is 0. The molecule has 0 fully saturated rings. The Morgan fingerprint density at radius 3 is 2.38 bits per heavy atom. The molecule has 5 nitrogen and oxygen atoms in total. The standard InChI is InChI=1S/C22H25FN4OS/c1-14(2)16-9-11-17(12-10-16)24-20(28)13-29-22-26-25-21(27(22)15(3)4)18-7-5-6-8-19(18)23/h5-12,14-15H,13H2,1-4H3,(H,24,28). The summed E-state index contributed by atoms with van der Waals surface area (Å²) in [5, 5.41) is 11.9. The van der Waals surface area contributed by atoms with Gasteiger partial charge in [-0.25, -0.2) is 4.39 Å². The summed E-state index contributed by atoms with van der Waals surface area (Å²) in [5.41, 5.74) is 2.38. The highest BCUT2D eigenvalue weighted by Gasteiger charge is 2.19. The highest BCUT2D eigenvalue weighted by Crippen LogP contribution is 2.29. The first-order valence-electron chi connectivity index (χ1n) is 9.59. The lowest BCUT2D eigenvalue weighted by Crippen LogP contribution is -2.15. The number of amides is 1. The first-order valence-corrected chi connectivity index (χ1v) is 10.6. The third-order valence-electron chi connectivity index (χ3n) is 4.49. The van der Waals surface area contributed by atoms with Crippen LogP contribution in [0, 0.1) is 5.82 Å². The fourth-order valence-corrected chi connectivity index (χ4v) is 3.81. The van der Waals surface area contributed by atoms with Crippen molar-refractivity contribution in [3.8, 4) is 11.4 Å². The topological polar surface area (TPSA) is 59.8 Å². The van der Waals surface area contributed by atoms with Gasteiger partial charge in [0.2, 0.25) is 5.91 Å². The minimum absolute atomic E-state index is 0.0220. The van der Waals surface area contributed by atoms with E-state index in [1.165, 1.54) is 23.4 Å². The Balaban J connectivity index is 1.70. The van der Waals surface area contributed by atoms with Crippen molar-refractivity contribution >= 4 is 23.4 Å². The Morgan fingerprint density at radius 1 is 1.07 bits per heavy atom. The van der Waals surface area contributed by atoms with Crippen LogP contribution >= 0.6 is 11.8 Å². The van der Waals surface area contributed by atoms with E-state index < -0.39 is 0 Å². The summed E-state index contributed by atoms with van der Waals surface area (Å²) in [5.74, 6) is 0.624. The molecule has 0 saturated heterocycles. The number of rotatable bonds is 7. The smallest absolute Gasteiger partial charge is 0.234 e. The Labute approximate surface area is 174 Å². The molecule has 0 radical (unpaired) electrons. The Kier molecular flexibility index (Phi) is 6.69. The molecular weight excluding hydrogens is 387 g/mol. The minimum Gasteiger partial charge on any atom is -0.325 e. The summed E-state index contributed by atoms with van der Waals surface area (Å²) in [6.45, 7) is 8.22. The van der Waals surface area contributed by atoms with Gasteiger partial charge < -0.3 is 5.32 Å². The predicted molar refractivity (Wildman–Crippen MR) is 116 cm³/mol. The Bertz CT molecular complexity index is 983. The van der Waals surface area contributed by atoms with Crippen LogP contribution in [-0.2, 0) is 4.79 Å². The lowest BCUT2D eigenvalue weighted by molar-refractivity contribution is -0.113. The van der Waals surface area contributed by atoms with Crippen LogP contribution in [0.3, 0.4) is 0 Å². The van der Waals surface area contributed by atoms with Gasteiger partial charge in [-0.05, 0) is 49.6 Å². The molecule has 2 aromatic carbocycles.